The molecule has 0 unspecified atom stereocenters. The molecule has 3 aromatic heterocycles. The van der Waals surface area contributed by atoms with Crippen LogP contribution in [0.5, 0.6) is 0 Å². The van der Waals surface area contributed by atoms with E-state index in [1.54, 1.807) is 0 Å². The van der Waals surface area contributed by atoms with E-state index in [0.29, 0.717) is 0 Å². The summed E-state index contributed by atoms with van der Waals surface area (Å²) in [5.41, 5.74) is 6.96. The Bertz CT molecular complexity index is 1410. The molecule has 0 aliphatic heterocycles. The van der Waals surface area contributed by atoms with Crippen LogP contribution < -0.4 is 4.57 Å². The van der Waals surface area contributed by atoms with Crippen LogP contribution in [0.2, 0.25) is 0 Å². The molecule has 0 saturated heterocycles. The van der Waals surface area contributed by atoms with Crippen LogP contribution in [0, 0.1) is 6.92 Å². The van der Waals surface area contributed by atoms with Gasteiger partial charge in [-0.25, -0.2) is 0 Å². The zero-order chi connectivity index (χ0) is 20.0. The number of para-hydroxylation sites is 1. The molecule has 3 nitrogen and oxygen atoms in total. The smallest absolute Gasteiger partial charge is 0.213 e. The molecule has 0 atom stereocenters. The number of rotatable bonds is 3. The van der Waals surface area contributed by atoms with Gasteiger partial charge in [-0.2, -0.15) is 4.57 Å². The van der Waals surface area contributed by atoms with Gasteiger partial charge in [-0.1, -0.05) is 36.4 Å². The van der Waals surface area contributed by atoms with Gasteiger partial charge in [0.05, 0.1) is 22.3 Å². The van der Waals surface area contributed by atoms with Gasteiger partial charge in [0.15, 0.2) is 6.20 Å². The minimum atomic E-state index is 0.961. The number of hydrogen-bond acceptors (Lipinski definition) is 1. The fraction of sp³-hybridized carbons (Fsp3) is 0.154. The first-order valence-corrected chi connectivity index (χ1v) is 10.1. The molecular formula is C26H24N3+. The highest BCUT2D eigenvalue weighted by molar-refractivity contribution is 6.09. The third-order valence-corrected chi connectivity index (χ3v) is 5.81. The summed E-state index contributed by atoms with van der Waals surface area (Å²) in [6, 6.07) is 21.5. The molecule has 3 heteroatoms. The number of fused-ring (bicyclic) bond motifs is 4. The van der Waals surface area contributed by atoms with Crippen LogP contribution in [0.15, 0.2) is 66.9 Å². The second-order valence-corrected chi connectivity index (χ2v) is 7.51. The molecule has 0 fully saturated rings. The van der Waals surface area contributed by atoms with E-state index in [1.807, 2.05) is 0 Å². The molecular weight excluding hydrogens is 354 g/mol. The van der Waals surface area contributed by atoms with E-state index in [1.165, 1.54) is 38.3 Å². The normalized spacial score (nSPS) is 12.0. The van der Waals surface area contributed by atoms with E-state index in [-0.39, 0.29) is 0 Å². The van der Waals surface area contributed by atoms with Crippen molar-refractivity contribution in [2.45, 2.75) is 20.4 Å². The monoisotopic (exact) mass is 378 g/mol. The topological polar surface area (TPSA) is 21.7 Å². The van der Waals surface area contributed by atoms with Gasteiger partial charge in [0.1, 0.15) is 6.54 Å². The minimum Gasteiger partial charge on any atom is -0.342 e. The molecule has 2 aromatic carbocycles. The molecule has 29 heavy (non-hydrogen) atoms. The predicted molar refractivity (Wildman–Crippen MR) is 122 cm³/mol. The number of aromatic nitrogens is 3. The van der Waals surface area contributed by atoms with Gasteiger partial charge in [0, 0.05) is 35.5 Å². The van der Waals surface area contributed by atoms with E-state index in [0.717, 1.165) is 17.9 Å². The predicted octanol–water partition coefficient (Wildman–Crippen LogP) is 5.67. The molecule has 3 heterocycles. The highest BCUT2D eigenvalue weighted by atomic mass is 15.0. The highest BCUT2D eigenvalue weighted by Gasteiger charge is 2.12. The van der Waals surface area contributed by atoms with Crippen molar-refractivity contribution in [1.29, 1.82) is 0 Å². The van der Waals surface area contributed by atoms with Crippen molar-refractivity contribution < 1.29 is 4.57 Å². The van der Waals surface area contributed by atoms with Crippen molar-refractivity contribution in [1.82, 2.24) is 9.55 Å². The molecule has 5 aromatic rings. The zero-order valence-electron chi connectivity index (χ0n) is 17.1. The van der Waals surface area contributed by atoms with Crippen LogP contribution in [0.25, 0.3) is 44.9 Å². The van der Waals surface area contributed by atoms with E-state index in [4.69, 9.17) is 4.98 Å². The van der Waals surface area contributed by atoms with Crippen molar-refractivity contribution >= 4 is 44.9 Å². The van der Waals surface area contributed by atoms with Gasteiger partial charge in [0.25, 0.3) is 0 Å². The Hall–Kier alpha value is -3.46. The van der Waals surface area contributed by atoms with Crippen molar-refractivity contribution in [2.75, 3.05) is 0 Å². The van der Waals surface area contributed by atoms with Gasteiger partial charge in [0.2, 0.25) is 5.52 Å². The van der Waals surface area contributed by atoms with Gasteiger partial charge in [-0.05, 0) is 43.7 Å². The summed E-state index contributed by atoms with van der Waals surface area (Å²) in [5, 5.41) is 3.80. The number of aryl methyl sites for hydroxylation is 3. The van der Waals surface area contributed by atoms with Gasteiger partial charge in [-0.3, -0.25) is 4.98 Å². The Morgan fingerprint density at radius 3 is 2.62 bits per heavy atom. The quantitative estimate of drug-likeness (QED) is 0.371. The van der Waals surface area contributed by atoms with Crippen molar-refractivity contribution in [2.24, 2.45) is 7.05 Å². The summed E-state index contributed by atoms with van der Waals surface area (Å²) in [7, 11) is 2.12. The molecule has 0 amide bonds. The molecule has 0 saturated carbocycles. The minimum absolute atomic E-state index is 0.961. The first-order valence-electron chi connectivity index (χ1n) is 10.1. The third kappa shape index (κ3) is 2.82. The summed E-state index contributed by atoms with van der Waals surface area (Å²) in [6.45, 7) is 5.23. The lowest BCUT2D eigenvalue weighted by molar-refractivity contribution is -0.667. The van der Waals surface area contributed by atoms with Crippen molar-refractivity contribution in [3.05, 3.63) is 83.8 Å². The van der Waals surface area contributed by atoms with Crippen LogP contribution in [0.1, 0.15) is 23.9 Å². The number of nitrogens with zero attached hydrogens (tertiary/aromatic N) is 3. The number of hydrogen-bond donors (Lipinski definition) is 0. The van der Waals surface area contributed by atoms with Crippen molar-refractivity contribution in [3.8, 4) is 0 Å². The number of benzene rings is 2. The van der Waals surface area contributed by atoms with Crippen LogP contribution in [0.4, 0.5) is 0 Å². The average Bonchev–Trinajstić information content (AvgIpc) is 3.04. The molecule has 0 aliphatic carbocycles. The second-order valence-electron chi connectivity index (χ2n) is 7.51. The summed E-state index contributed by atoms with van der Waals surface area (Å²) in [6.07, 6.45) is 6.45. The van der Waals surface area contributed by atoms with Gasteiger partial charge >= 0.3 is 0 Å². The maximum absolute atomic E-state index is 4.87. The second kappa shape index (κ2) is 6.85. The molecule has 0 radical (unpaired) electrons. The summed E-state index contributed by atoms with van der Waals surface area (Å²) in [4.78, 5) is 4.87. The Labute approximate surface area is 170 Å². The largest absolute Gasteiger partial charge is 0.342 e. The van der Waals surface area contributed by atoms with Gasteiger partial charge < -0.3 is 4.57 Å². The van der Waals surface area contributed by atoms with E-state index < -0.39 is 0 Å². The van der Waals surface area contributed by atoms with E-state index >= 15 is 0 Å². The van der Waals surface area contributed by atoms with Crippen LogP contribution >= 0.6 is 0 Å². The Kier molecular flexibility index (Phi) is 4.17. The average molecular weight is 378 g/mol. The van der Waals surface area contributed by atoms with E-state index in [9.17, 15) is 0 Å². The highest BCUT2D eigenvalue weighted by Crippen LogP contribution is 2.30. The molecule has 0 N–H and O–H groups in total. The van der Waals surface area contributed by atoms with Crippen LogP contribution in [-0.4, -0.2) is 9.55 Å². The number of pyridine rings is 2. The molecule has 0 spiro atoms. The standard InChI is InChI=1S/C26H24N3/c1-4-29-16-8-11-21-19(9-7-13-25(21)29)14-15-20-17-23-22-10-5-6-12-24(22)28(3)26(23)18(2)27-20/h5-17H,4H2,1-3H3/q+1. The lowest BCUT2D eigenvalue weighted by atomic mass is 10.1. The molecule has 142 valence electrons. The Morgan fingerprint density at radius 1 is 0.931 bits per heavy atom. The third-order valence-electron chi connectivity index (χ3n) is 5.81. The molecule has 0 bridgehead atoms. The maximum Gasteiger partial charge on any atom is 0.213 e. The maximum atomic E-state index is 4.87. The summed E-state index contributed by atoms with van der Waals surface area (Å²) < 4.78 is 4.52. The Balaban J connectivity index is 1.65. The molecule has 0 aliphatic rings. The lowest BCUT2D eigenvalue weighted by Crippen LogP contribution is -2.32. The first-order chi connectivity index (χ1) is 14.2. The first kappa shape index (κ1) is 17.6. The molecule has 5 rings (SSSR count). The SMILES string of the molecule is CC[n+]1cccc2c(/C=C/c3cc4c5ccccc5n(C)c4c(C)n3)cccc21. The lowest BCUT2D eigenvalue weighted by Gasteiger charge is -2.04. The fourth-order valence-corrected chi connectivity index (χ4v) is 4.44. The van der Waals surface area contributed by atoms with Crippen LogP contribution in [-0.2, 0) is 13.6 Å². The van der Waals surface area contributed by atoms with Crippen molar-refractivity contribution in [3.63, 3.8) is 0 Å². The van der Waals surface area contributed by atoms with Crippen LogP contribution in [0.3, 0.4) is 0 Å². The fourth-order valence-electron chi connectivity index (χ4n) is 4.44. The van der Waals surface area contributed by atoms with Gasteiger partial charge in [-0.15, -0.1) is 0 Å². The summed E-state index contributed by atoms with van der Waals surface area (Å²) in [5.74, 6) is 0. The van der Waals surface area contributed by atoms with E-state index in [2.05, 4.69) is 109 Å². The zero-order valence-corrected chi connectivity index (χ0v) is 17.1. The summed E-state index contributed by atoms with van der Waals surface area (Å²) >= 11 is 0. The Morgan fingerprint density at radius 2 is 1.76 bits per heavy atom.